The Morgan fingerprint density at radius 1 is 1.17 bits per heavy atom. The Hall–Kier alpha value is -0.0457. The summed E-state index contributed by atoms with van der Waals surface area (Å²) in [5.41, 5.74) is 3.58. The molecule has 0 aromatic heterocycles. The van der Waals surface area contributed by atoms with Crippen LogP contribution in [0.2, 0.25) is 0 Å². The Balaban J connectivity index is 0. The minimum Gasteiger partial charge on any atom is -1.00 e. The Kier molecular flexibility index (Phi) is 10.1. The van der Waals surface area contributed by atoms with Crippen molar-refractivity contribution in [2.45, 2.75) is 25.9 Å². The molecule has 96 valence electrons. The van der Waals surface area contributed by atoms with E-state index in [0.29, 0.717) is 5.92 Å². The maximum absolute atomic E-state index is 9.71. The molecule has 1 aliphatic rings. The molecule has 0 aliphatic heterocycles. The third-order valence-corrected chi connectivity index (χ3v) is 2.93. The van der Waals surface area contributed by atoms with Gasteiger partial charge in [0.1, 0.15) is 0 Å². The summed E-state index contributed by atoms with van der Waals surface area (Å²) < 4.78 is 0. The van der Waals surface area contributed by atoms with E-state index in [1.54, 1.807) is 0 Å². The van der Waals surface area contributed by atoms with Gasteiger partial charge in [-0.05, 0) is 25.0 Å². The predicted octanol–water partition coefficient (Wildman–Crippen LogP) is -2.65. The minimum absolute atomic E-state index is 0. The van der Waals surface area contributed by atoms with Gasteiger partial charge in [0.05, 0.1) is 6.10 Å². The van der Waals surface area contributed by atoms with Crippen molar-refractivity contribution in [1.29, 1.82) is 0 Å². The van der Waals surface area contributed by atoms with Crippen molar-refractivity contribution < 1.29 is 51.6 Å². The molecule has 1 aromatic rings. The van der Waals surface area contributed by atoms with Gasteiger partial charge in [0, 0.05) is 5.92 Å². The average molecular weight is 319 g/mol. The summed E-state index contributed by atoms with van der Waals surface area (Å²) >= 11 is 0. The van der Waals surface area contributed by atoms with Gasteiger partial charge in [0.25, 0.3) is 0 Å². The third kappa shape index (κ3) is 4.26. The van der Waals surface area contributed by atoms with Gasteiger partial charge in [0.15, 0.2) is 0 Å². The second-order valence-corrected chi connectivity index (χ2v) is 4.08. The molecule has 0 saturated carbocycles. The Morgan fingerprint density at radius 3 is 2.28 bits per heavy atom. The van der Waals surface area contributed by atoms with Crippen LogP contribution < -0.4 is 24.8 Å². The molecule has 1 aromatic carbocycles. The Labute approximate surface area is 136 Å². The fraction of sp³-hybridized carbons (Fsp3) is 0.286. The van der Waals surface area contributed by atoms with Crippen LogP contribution in [-0.2, 0) is 21.7 Å². The van der Waals surface area contributed by atoms with Crippen molar-refractivity contribution in [1.82, 2.24) is 0 Å². The number of aliphatic hydroxyl groups excluding tert-OH is 1. The monoisotopic (exact) mass is 318 g/mol. The van der Waals surface area contributed by atoms with Crippen LogP contribution in [-0.4, -0.2) is 5.11 Å². The molecule has 0 spiro atoms. The van der Waals surface area contributed by atoms with Gasteiger partial charge in [0.2, 0.25) is 0 Å². The van der Waals surface area contributed by atoms with Gasteiger partial charge in [-0.1, -0.05) is 48.1 Å². The van der Waals surface area contributed by atoms with Crippen molar-refractivity contribution >= 4 is 0 Å². The maximum Gasteiger partial charge on any atom is 2.00 e. The van der Waals surface area contributed by atoms with E-state index in [1.165, 1.54) is 11.1 Å². The zero-order valence-corrected chi connectivity index (χ0v) is 13.5. The van der Waals surface area contributed by atoms with E-state index in [0.717, 1.165) is 5.56 Å². The Bertz CT molecular complexity index is 428. The zero-order chi connectivity index (χ0) is 10.8. The molecule has 0 bridgehead atoms. The molecule has 0 heterocycles. The molecule has 2 unspecified atom stereocenters. The average Bonchev–Trinajstić information content (AvgIpc) is 2.64. The molecule has 2 atom stereocenters. The molecule has 1 aliphatic carbocycles. The molecule has 0 radical (unpaired) electrons. The van der Waals surface area contributed by atoms with Crippen LogP contribution in [0.25, 0.3) is 0 Å². The standard InChI is InChI=1S/C14H16O.2ClH.Ti/c1-10-6-5-9-12(10)14-8-4-3-7-13(14)11(2)15;;;/h3-9,11-12,15H,1-2H3;2*1H;/q;;;+2/p-2. The zero-order valence-electron chi connectivity index (χ0n) is 10.4. The molecule has 0 amide bonds. The first-order chi connectivity index (χ1) is 7.20. The molecule has 4 heteroatoms. The van der Waals surface area contributed by atoms with Crippen LogP contribution >= 0.6 is 0 Å². The van der Waals surface area contributed by atoms with Gasteiger partial charge in [-0.15, -0.1) is 0 Å². The van der Waals surface area contributed by atoms with Crippen LogP contribution in [0.3, 0.4) is 0 Å². The summed E-state index contributed by atoms with van der Waals surface area (Å²) in [6.07, 6.45) is 5.99. The first-order valence-electron chi connectivity index (χ1n) is 5.32. The third-order valence-electron chi connectivity index (χ3n) is 2.93. The quantitative estimate of drug-likeness (QED) is 0.591. The summed E-state index contributed by atoms with van der Waals surface area (Å²) in [7, 11) is 0. The van der Waals surface area contributed by atoms with Gasteiger partial charge < -0.3 is 29.9 Å². The molecule has 18 heavy (non-hydrogen) atoms. The van der Waals surface area contributed by atoms with Crippen LogP contribution in [0, 0.1) is 0 Å². The van der Waals surface area contributed by atoms with E-state index in [-0.39, 0.29) is 46.5 Å². The van der Waals surface area contributed by atoms with E-state index in [2.05, 4.69) is 31.2 Å². The van der Waals surface area contributed by atoms with Crippen LogP contribution in [0.1, 0.15) is 37.0 Å². The van der Waals surface area contributed by atoms with Crippen molar-refractivity contribution in [3.63, 3.8) is 0 Å². The number of allylic oxidation sites excluding steroid dienone is 4. The molecule has 2 rings (SSSR count). The molecule has 0 saturated heterocycles. The number of benzene rings is 1. The summed E-state index contributed by atoms with van der Waals surface area (Å²) in [5, 5.41) is 9.71. The smallest absolute Gasteiger partial charge is 1.00 e. The molecule has 1 nitrogen and oxygen atoms in total. The van der Waals surface area contributed by atoms with Crippen molar-refractivity contribution in [2.24, 2.45) is 0 Å². The predicted molar refractivity (Wildman–Crippen MR) is 62.7 cm³/mol. The van der Waals surface area contributed by atoms with E-state index in [4.69, 9.17) is 0 Å². The van der Waals surface area contributed by atoms with Gasteiger partial charge in [-0.3, -0.25) is 0 Å². The fourth-order valence-corrected chi connectivity index (χ4v) is 2.10. The van der Waals surface area contributed by atoms with E-state index >= 15 is 0 Å². The Morgan fingerprint density at radius 2 is 1.78 bits per heavy atom. The van der Waals surface area contributed by atoms with E-state index in [9.17, 15) is 5.11 Å². The number of hydrogen-bond acceptors (Lipinski definition) is 1. The summed E-state index contributed by atoms with van der Waals surface area (Å²) in [6.45, 7) is 3.94. The summed E-state index contributed by atoms with van der Waals surface area (Å²) in [5.74, 6) is 0.343. The van der Waals surface area contributed by atoms with E-state index in [1.807, 2.05) is 25.1 Å². The molecular formula is C14H16Cl2OTi. The van der Waals surface area contributed by atoms with Crippen molar-refractivity contribution in [3.8, 4) is 0 Å². The first-order valence-corrected chi connectivity index (χ1v) is 5.32. The summed E-state index contributed by atoms with van der Waals surface area (Å²) in [6, 6.07) is 8.10. The van der Waals surface area contributed by atoms with Gasteiger partial charge in [-0.25, -0.2) is 0 Å². The normalized spacial score (nSPS) is 17.9. The molecule has 0 fully saturated rings. The topological polar surface area (TPSA) is 20.2 Å². The van der Waals surface area contributed by atoms with E-state index < -0.39 is 6.10 Å². The van der Waals surface area contributed by atoms with Gasteiger partial charge in [-0.2, -0.15) is 0 Å². The first kappa shape index (κ1) is 20.3. The van der Waals surface area contributed by atoms with Crippen LogP contribution in [0.15, 0.2) is 48.1 Å². The summed E-state index contributed by atoms with van der Waals surface area (Å²) in [4.78, 5) is 0. The number of halogens is 2. The second-order valence-electron chi connectivity index (χ2n) is 4.08. The van der Waals surface area contributed by atoms with Crippen molar-refractivity contribution in [3.05, 3.63) is 59.2 Å². The maximum atomic E-state index is 9.71. The molecule has 1 N–H and O–H groups in total. The van der Waals surface area contributed by atoms with Crippen LogP contribution in [0.4, 0.5) is 0 Å². The fourth-order valence-electron chi connectivity index (χ4n) is 2.10. The van der Waals surface area contributed by atoms with Gasteiger partial charge >= 0.3 is 21.7 Å². The largest absolute Gasteiger partial charge is 2.00 e. The van der Waals surface area contributed by atoms with Crippen molar-refractivity contribution in [2.75, 3.05) is 0 Å². The number of aliphatic hydroxyl groups is 1. The SMILES string of the molecule is CC1=CC=CC1c1ccccc1C(C)O.[Cl-].[Cl-].[Ti+2]. The van der Waals surface area contributed by atoms with Crippen LogP contribution in [0.5, 0.6) is 0 Å². The molecular weight excluding hydrogens is 303 g/mol. The second kappa shape index (κ2) is 8.95. The number of rotatable bonds is 2. The minimum atomic E-state index is -0.400. The number of hydrogen-bond donors (Lipinski definition) is 1.